The van der Waals surface area contributed by atoms with E-state index in [9.17, 15) is 9.18 Å². The number of hydrogen-bond donors (Lipinski definition) is 0. The number of aldehydes is 1. The highest BCUT2D eigenvalue weighted by Gasteiger charge is 2.08. The smallest absolute Gasteiger partial charge is 0.165 e. The second-order valence-electron chi connectivity index (χ2n) is 3.33. The van der Waals surface area contributed by atoms with Crippen molar-refractivity contribution in [2.45, 2.75) is 0 Å². The lowest BCUT2D eigenvalue weighted by Gasteiger charge is -2.08. The summed E-state index contributed by atoms with van der Waals surface area (Å²) in [7, 11) is 0. The highest BCUT2D eigenvalue weighted by Crippen LogP contribution is 2.28. The number of ether oxygens (including phenoxy) is 1. The molecule has 2 rings (SSSR count). The molecule has 0 amide bonds. The van der Waals surface area contributed by atoms with E-state index in [4.69, 9.17) is 16.3 Å². The van der Waals surface area contributed by atoms with Crippen molar-refractivity contribution in [3.8, 4) is 11.5 Å². The van der Waals surface area contributed by atoms with Gasteiger partial charge in [0.15, 0.2) is 17.9 Å². The summed E-state index contributed by atoms with van der Waals surface area (Å²) in [5.41, 5.74) is 0.278. The van der Waals surface area contributed by atoms with Crippen molar-refractivity contribution >= 4 is 17.9 Å². The van der Waals surface area contributed by atoms with Crippen molar-refractivity contribution in [3.63, 3.8) is 0 Å². The average molecular weight is 251 g/mol. The fourth-order valence-electron chi connectivity index (χ4n) is 1.35. The molecule has 0 aliphatic carbocycles. The highest BCUT2D eigenvalue weighted by molar-refractivity contribution is 6.30. The molecule has 0 aliphatic heterocycles. The van der Waals surface area contributed by atoms with E-state index in [1.54, 1.807) is 18.2 Å². The lowest BCUT2D eigenvalue weighted by atomic mass is 10.2. The highest BCUT2D eigenvalue weighted by atomic mass is 35.5. The summed E-state index contributed by atoms with van der Waals surface area (Å²) in [5, 5.41) is 0.424. The quantitative estimate of drug-likeness (QED) is 0.767. The first-order chi connectivity index (χ1) is 8.20. The van der Waals surface area contributed by atoms with Crippen LogP contribution < -0.4 is 4.74 Å². The zero-order valence-corrected chi connectivity index (χ0v) is 9.45. The SMILES string of the molecule is O=Cc1cc(Cl)ccc1Oc1ccccc1F. The summed E-state index contributed by atoms with van der Waals surface area (Å²) < 4.78 is 18.7. The Morgan fingerprint density at radius 3 is 2.59 bits per heavy atom. The summed E-state index contributed by atoms with van der Waals surface area (Å²) >= 11 is 5.74. The Labute approximate surface area is 103 Å². The molecule has 4 heteroatoms. The first-order valence-electron chi connectivity index (χ1n) is 4.88. The molecular weight excluding hydrogens is 243 g/mol. The second-order valence-corrected chi connectivity index (χ2v) is 3.77. The van der Waals surface area contributed by atoms with Crippen molar-refractivity contribution in [1.82, 2.24) is 0 Å². The van der Waals surface area contributed by atoms with Gasteiger partial charge in [-0.2, -0.15) is 0 Å². The fraction of sp³-hybridized carbons (Fsp3) is 0. The molecule has 0 aromatic heterocycles. The Hall–Kier alpha value is -1.87. The number of rotatable bonds is 3. The van der Waals surface area contributed by atoms with Crippen LogP contribution in [0, 0.1) is 5.82 Å². The maximum Gasteiger partial charge on any atom is 0.165 e. The van der Waals surface area contributed by atoms with E-state index >= 15 is 0 Å². The lowest BCUT2D eigenvalue weighted by molar-refractivity contribution is 0.112. The van der Waals surface area contributed by atoms with E-state index in [0.29, 0.717) is 11.3 Å². The third-order valence-corrected chi connectivity index (χ3v) is 2.39. The molecule has 0 unspecified atom stereocenters. The van der Waals surface area contributed by atoms with Gasteiger partial charge in [0, 0.05) is 5.02 Å². The number of para-hydroxylation sites is 1. The van der Waals surface area contributed by atoms with E-state index < -0.39 is 5.82 Å². The van der Waals surface area contributed by atoms with Crippen LogP contribution in [0.15, 0.2) is 42.5 Å². The zero-order chi connectivity index (χ0) is 12.3. The first-order valence-corrected chi connectivity index (χ1v) is 5.25. The molecule has 0 atom stereocenters. The van der Waals surface area contributed by atoms with E-state index in [1.807, 2.05) is 0 Å². The monoisotopic (exact) mass is 250 g/mol. The molecule has 0 saturated carbocycles. The Kier molecular flexibility index (Phi) is 3.40. The van der Waals surface area contributed by atoms with Crippen LogP contribution in [-0.2, 0) is 0 Å². The van der Waals surface area contributed by atoms with Gasteiger partial charge in [-0.05, 0) is 30.3 Å². The van der Waals surface area contributed by atoms with Gasteiger partial charge in [0.1, 0.15) is 5.75 Å². The van der Waals surface area contributed by atoms with Crippen molar-refractivity contribution in [1.29, 1.82) is 0 Å². The summed E-state index contributed by atoms with van der Waals surface area (Å²) in [4.78, 5) is 10.8. The predicted molar refractivity (Wildman–Crippen MR) is 63.3 cm³/mol. The van der Waals surface area contributed by atoms with Gasteiger partial charge in [-0.15, -0.1) is 0 Å². The number of benzene rings is 2. The van der Waals surface area contributed by atoms with Crippen LogP contribution in [0.25, 0.3) is 0 Å². The molecule has 0 fully saturated rings. The number of carbonyl (C=O) groups is 1. The van der Waals surface area contributed by atoms with Crippen LogP contribution in [-0.4, -0.2) is 6.29 Å². The van der Waals surface area contributed by atoms with Gasteiger partial charge < -0.3 is 4.74 Å². The molecule has 17 heavy (non-hydrogen) atoms. The molecule has 2 nitrogen and oxygen atoms in total. The van der Waals surface area contributed by atoms with Crippen LogP contribution >= 0.6 is 11.6 Å². The predicted octanol–water partition coefficient (Wildman–Crippen LogP) is 4.08. The van der Waals surface area contributed by atoms with Gasteiger partial charge in [0.05, 0.1) is 5.56 Å². The van der Waals surface area contributed by atoms with E-state index in [1.165, 1.54) is 24.3 Å². The summed E-state index contributed by atoms with van der Waals surface area (Å²) in [6, 6.07) is 10.5. The van der Waals surface area contributed by atoms with Crippen LogP contribution in [0.2, 0.25) is 5.02 Å². The van der Waals surface area contributed by atoms with Crippen molar-refractivity contribution in [2.75, 3.05) is 0 Å². The van der Waals surface area contributed by atoms with Crippen LogP contribution in [0.4, 0.5) is 4.39 Å². The summed E-state index contributed by atoms with van der Waals surface area (Å²) in [6.45, 7) is 0. The average Bonchev–Trinajstić information content (AvgIpc) is 2.34. The van der Waals surface area contributed by atoms with Gasteiger partial charge in [0.25, 0.3) is 0 Å². The van der Waals surface area contributed by atoms with Gasteiger partial charge in [-0.3, -0.25) is 4.79 Å². The van der Waals surface area contributed by atoms with Crippen molar-refractivity contribution in [2.24, 2.45) is 0 Å². The first kappa shape index (κ1) is 11.6. The Morgan fingerprint density at radius 2 is 1.88 bits per heavy atom. The van der Waals surface area contributed by atoms with Gasteiger partial charge in [0.2, 0.25) is 0 Å². The minimum Gasteiger partial charge on any atom is -0.454 e. The molecule has 2 aromatic carbocycles. The molecule has 0 radical (unpaired) electrons. The lowest BCUT2D eigenvalue weighted by Crippen LogP contribution is -1.92. The van der Waals surface area contributed by atoms with E-state index in [-0.39, 0.29) is 17.1 Å². The van der Waals surface area contributed by atoms with Gasteiger partial charge >= 0.3 is 0 Å². The van der Waals surface area contributed by atoms with Gasteiger partial charge in [-0.1, -0.05) is 23.7 Å². The minimum atomic E-state index is -0.487. The van der Waals surface area contributed by atoms with E-state index in [2.05, 4.69) is 0 Å². The number of halogens is 2. The fourth-order valence-corrected chi connectivity index (χ4v) is 1.53. The zero-order valence-electron chi connectivity index (χ0n) is 8.69. The van der Waals surface area contributed by atoms with Crippen LogP contribution in [0.1, 0.15) is 10.4 Å². The second kappa shape index (κ2) is 4.97. The molecule has 0 bridgehead atoms. The normalized spacial score (nSPS) is 10.0. The maximum absolute atomic E-state index is 13.4. The Morgan fingerprint density at radius 1 is 1.12 bits per heavy atom. The Balaban J connectivity index is 2.36. The largest absolute Gasteiger partial charge is 0.454 e. The van der Waals surface area contributed by atoms with E-state index in [0.717, 1.165) is 0 Å². The minimum absolute atomic E-state index is 0.0675. The standard InChI is InChI=1S/C13H8ClFO2/c14-10-5-6-12(9(7-10)8-16)17-13-4-2-1-3-11(13)15/h1-8H. The molecule has 0 spiro atoms. The molecule has 86 valence electrons. The third kappa shape index (κ3) is 2.63. The van der Waals surface area contributed by atoms with Crippen molar-refractivity contribution in [3.05, 3.63) is 58.9 Å². The summed E-state index contributed by atoms with van der Waals surface area (Å²) in [6.07, 6.45) is 0.613. The molecule has 0 N–H and O–H groups in total. The molecular formula is C13H8ClFO2. The molecule has 0 aliphatic rings. The van der Waals surface area contributed by atoms with Gasteiger partial charge in [-0.25, -0.2) is 4.39 Å². The van der Waals surface area contributed by atoms with Crippen molar-refractivity contribution < 1.29 is 13.9 Å². The molecule has 2 aromatic rings. The van der Waals surface area contributed by atoms with Crippen LogP contribution in [0.3, 0.4) is 0 Å². The molecule has 0 saturated heterocycles. The Bertz CT molecular complexity index is 555. The molecule has 0 heterocycles. The topological polar surface area (TPSA) is 26.3 Å². The third-order valence-electron chi connectivity index (χ3n) is 2.16. The number of hydrogen-bond acceptors (Lipinski definition) is 2. The number of carbonyl (C=O) groups excluding carboxylic acids is 1. The van der Waals surface area contributed by atoms with Crippen LogP contribution in [0.5, 0.6) is 11.5 Å². The maximum atomic E-state index is 13.4. The summed E-state index contributed by atoms with van der Waals surface area (Å²) in [5.74, 6) is -0.147.